The van der Waals surface area contributed by atoms with Crippen LogP contribution in [0.1, 0.15) is 18.4 Å². The Morgan fingerprint density at radius 3 is 2.91 bits per heavy atom. The van der Waals surface area contributed by atoms with Gasteiger partial charge in [0.2, 0.25) is 0 Å². The summed E-state index contributed by atoms with van der Waals surface area (Å²) in [5, 5.41) is 13.9. The number of carbonyl (C=O) groups excluding carboxylic acids is 2. The third kappa shape index (κ3) is 3.88. The van der Waals surface area contributed by atoms with E-state index in [0.717, 1.165) is 5.56 Å². The van der Waals surface area contributed by atoms with Crippen molar-refractivity contribution >= 4 is 12.0 Å². The number of ether oxygens (including phenoxy) is 1. The van der Waals surface area contributed by atoms with Crippen LogP contribution in [0.2, 0.25) is 0 Å². The lowest BCUT2D eigenvalue weighted by Crippen LogP contribution is -2.56. The van der Waals surface area contributed by atoms with Gasteiger partial charge >= 0.3 is 6.09 Å². The van der Waals surface area contributed by atoms with E-state index in [9.17, 15) is 9.59 Å². The Morgan fingerprint density at radius 2 is 2.23 bits per heavy atom. The van der Waals surface area contributed by atoms with Crippen LogP contribution in [-0.2, 0) is 16.1 Å². The highest BCUT2D eigenvalue weighted by atomic mass is 16.5. The van der Waals surface area contributed by atoms with Gasteiger partial charge in [-0.1, -0.05) is 30.3 Å². The van der Waals surface area contributed by atoms with Gasteiger partial charge in [-0.3, -0.25) is 4.79 Å². The largest absolute Gasteiger partial charge is 0.445 e. The molecule has 1 atom stereocenters. The Kier molecular flexibility index (Phi) is 5.20. The summed E-state index contributed by atoms with van der Waals surface area (Å²) >= 11 is 0. The quantitative estimate of drug-likeness (QED) is 0.668. The zero-order valence-electron chi connectivity index (χ0n) is 12.4. The van der Waals surface area contributed by atoms with E-state index in [-0.39, 0.29) is 12.5 Å². The number of hydrogen-bond donors (Lipinski definition) is 1. The number of nitrogens with one attached hydrogen (secondary N) is 1. The van der Waals surface area contributed by atoms with E-state index in [1.165, 1.54) is 17.1 Å². The molecule has 0 aliphatic carbocycles. The van der Waals surface area contributed by atoms with Crippen molar-refractivity contribution in [3.8, 4) is 6.19 Å². The van der Waals surface area contributed by atoms with Gasteiger partial charge in [0.15, 0.2) is 6.19 Å². The fourth-order valence-corrected chi connectivity index (χ4v) is 2.25. The predicted octanol–water partition coefficient (Wildman–Crippen LogP) is 1.23. The summed E-state index contributed by atoms with van der Waals surface area (Å²) in [6.45, 7) is 0.621. The van der Waals surface area contributed by atoms with Gasteiger partial charge in [-0.15, -0.1) is 0 Å². The Morgan fingerprint density at radius 1 is 1.50 bits per heavy atom. The second kappa shape index (κ2) is 7.31. The van der Waals surface area contributed by atoms with Crippen molar-refractivity contribution in [2.24, 2.45) is 0 Å². The van der Waals surface area contributed by atoms with Gasteiger partial charge in [0.1, 0.15) is 12.6 Å². The van der Waals surface area contributed by atoms with E-state index in [4.69, 9.17) is 10.00 Å². The molecule has 1 aliphatic rings. The fourth-order valence-electron chi connectivity index (χ4n) is 2.25. The number of hydrogen-bond acceptors (Lipinski definition) is 5. The van der Waals surface area contributed by atoms with E-state index >= 15 is 0 Å². The molecule has 0 radical (unpaired) electrons. The Hall–Kier alpha value is -2.75. The minimum atomic E-state index is -0.659. The molecule has 1 N–H and O–H groups in total. The molecule has 1 heterocycles. The first-order valence-electron chi connectivity index (χ1n) is 7.04. The van der Waals surface area contributed by atoms with Crippen LogP contribution in [0.25, 0.3) is 0 Å². The number of carbonyl (C=O) groups is 2. The first-order valence-corrected chi connectivity index (χ1v) is 7.04. The first-order chi connectivity index (χ1) is 10.6. The third-order valence-corrected chi connectivity index (χ3v) is 3.43. The van der Waals surface area contributed by atoms with Crippen molar-refractivity contribution in [2.75, 3.05) is 13.6 Å². The van der Waals surface area contributed by atoms with Crippen molar-refractivity contribution in [1.82, 2.24) is 15.3 Å². The molecule has 0 aromatic heterocycles. The summed E-state index contributed by atoms with van der Waals surface area (Å²) < 4.78 is 5.10. The van der Waals surface area contributed by atoms with E-state index in [1.807, 2.05) is 36.5 Å². The minimum absolute atomic E-state index is 0.148. The normalized spacial score (nSPS) is 17.5. The van der Waals surface area contributed by atoms with Crippen molar-refractivity contribution in [3.05, 3.63) is 35.9 Å². The molecular formula is C15H18N4O3. The number of benzene rings is 1. The molecule has 2 rings (SSSR count). The Bertz CT molecular complexity index is 570. The van der Waals surface area contributed by atoms with Crippen LogP contribution in [0.3, 0.4) is 0 Å². The van der Waals surface area contributed by atoms with E-state index in [0.29, 0.717) is 19.4 Å². The SMILES string of the molecule is CN(C#N)N1CCC[C@H](NC(=O)OCc2ccccc2)C1=O. The summed E-state index contributed by atoms with van der Waals surface area (Å²) in [5.41, 5.74) is 0.874. The molecule has 0 bridgehead atoms. The van der Waals surface area contributed by atoms with Crippen LogP contribution >= 0.6 is 0 Å². The van der Waals surface area contributed by atoms with Crippen molar-refractivity contribution < 1.29 is 14.3 Å². The van der Waals surface area contributed by atoms with Crippen molar-refractivity contribution in [3.63, 3.8) is 0 Å². The van der Waals surface area contributed by atoms with Crippen LogP contribution < -0.4 is 5.32 Å². The number of nitriles is 1. The van der Waals surface area contributed by atoms with Gasteiger partial charge in [-0.25, -0.2) is 14.8 Å². The van der Waals surface area contributed by atoms with Gasteiger partial charge in [0, 0.05) is 13.6 Å². The maximum atomic E-state index is 12.2. The van der Waals surface area contributed by atoms with Crippen LogP contribution in [-0.4, -0.2) is 41.7 Å². The molecule has 1 saturated heterocycles. The highest BCUT2D eigenvalue weighted by molar-refractivity contribution is 5.86. The molecule has 22 heavy (non-hydrogen) atoms. The van der Waals surface area contributed by atoms with Crippen LogP contribution in [0.4, 0.5) is 4.79 Å². The fraction of sp³-hybridized carbons (Fsp3) is 0.400. The topological polar surface area (TPSA) is 85.7 Å². The Balaban J connectivity index is 1.85. The highest BCUT2D eigenvalue weighted by Crippen LogP contribution is 2.13. The maximum Gasteiger partial charge on any atom is 0.408 e. The van der Waals surface area contributed by atoms with Crippen LogP contribution in [0, 0.1) is 11.5 Å². The number of alkyl carbamates (subject to hydrolysis) is 1. The zero-order valence-corrected chi connectivity index (χ0v) is 12.4. The van der Waals surface area contributed by atoms with Crippen molar-refractivity contribution in [1.29, 1.82) is 5.26 Å². The van der Waals surface area contributed by atoms with Gasteiger partial charge < -0.3 is 10.1 Å². The lowest BCUT2D eigenvalue weighted by Gasteiger charge is -2.35. The molecule has 1 aromatic carbocycles. The number of nitrogens with zero attached hydrogens (tertiary/aromatic N) is 3. The third-order valence-electron chi connectivity index (χ3n) is 3.43. The van der Waals surface area contributed by atoms with Crippen molar-refractivity contribution in [2.45, 2.75) is 25.5 Å². The smallest absolute Gasteiger partial charge is 0.408 e. The molecule has 1 aliphatic heterocycles. The molecule has 0 saturated carbocycles. The summed E-state index contributed by atoms with van der Waals surface area (Å²) in [6.07, 6.45) is 2.49. The molecule has 2 amide bonds. The summed E-state index contributed by atoms with van der Waals surface area (Å²) in [7, 11) is 1.51. The second-order valence-electron chi connectivity index (χ2n) is 4.99. The summed E-state index contributed by atoms with van der Waals surface area (Å²) in [6, 6.07) is 8.64. The molecule has 0 spiro atoms. The molecule has 7 nitrogen and oxygen atoms in total. The highest BCUT2D eigenvalue weighted by Gasteiger charge is 2.32. The number of hydrazine groups is 1. The Labute approximate surface area is 129 Å². The summed E-state index contributed by atoms with van der Waals surface area (Å²) in [4.78, 5) is 24.0. The number of piperidine rings is 1. The molecular weight excluding hydrogens is 284 g/mol. The molecule has 1 aromatic rings. The number of amides is 2. The maximum absolute atomic E-state index is 12.2. The number of rotatable bonds is 4. The van der Waals surface area contributed by atoms with E-state index < -0.39 is 12.1 Å². The predicted molar refractivity (Wildman–Crippen MR) is 77.9 cm³/mol. The average molecular weight is 302 g/mol. The second-order valence-corrected chi connectivity index (χ2v) is 4.99. The van der Waals surface area contributed by atoms with E-state index in [2.05, 4.69) is 5.32 Å². The van der Waals surface area contributed by atoms with Gasteiger partial charge in [-0.2, -0.15) is 5.26 Å². The lowest BCUT2D eigenvalue weighted by atomic mass is 10.1. The van der Waals surface area contributed by atoms with E-state index in [1.54, 1.807) is 0 Å². The molecule has 7 heteroatoms. The molecule has 116 valence electrons. The molecule has 1 fully saturated rings. The van der Waals surface area contributed by atoms with Gasteiger partial charge in [0.05, 0.1) is 0 Å². The van der Waals surface area contributed by atoms with Crippen LogP contribution in [0.5, 0.6) is 0 Å². The lowest BCUT2D eigenvalue weighted by molar-refractivity contribution is -0.147. The average Bonchev–Trinajstić information content (AvgIpc) is 2.55. The summed E-state index contributed by atoms with van der Waals surface area (Å²) in [5.74, 6) is -0.299. The van der Waals surface area contributed by atoms with Gasteiger partial charge in [0.25, 0.3) is 5.91 Å². The first kappa shape index (κ1) is 15.6. The van der Waals surface area contributed by atoms with Crippen LogP contribution in [0.15, 0.2) is 30.3 Å². The minimum Gasteiger partial charge on any atom is -0.445 e. The van der Waals surface area contributed by atoms with Gasteiger partial charge in [-0.05, 0) is 18.4 Å². The monoisotopic (exact) mass is 302 g/mol. The standard InChI is InChI=1S/C15H18N4O3/c1-18(11-16)19-9-5-8-13(14(19)20)17-15(21)22-10-12-6-3-2-4-7-12/h2-4,6-7,13H,5,8-10H2,1H3,(H,17,21)/t13-/m0/s1. The zero-order chi connectivity index (χ0) is 15.9. The molecule has 0 unspecified atom stereocenters.